The van der Waals surface area contributed by atoms with Gasteiger partial charge in [0.2, 0.25) is 0 Å². The van der Waals surface area contributed by atoms with E-state index in [0.717, 1.165) is 22.5 Å². The SMILES string of the molecule is Cc1ccc(F)cc1S(=O)(=O)C1CCN(c2nc(Cc3ccc(F)c(Cl)c3)cs2)CC1. The van der Waals surface area contributed by atoms with E-state index in [4.69, 9.17) is 11.6 Å². The van der Waals surface area contributed by atoms with Crippen LogP contribution in [0.5, 0.6) is 0 Å². The fourth-order valence-electron chi connectivity index (χ4n) is 3.80. The van der Waals surface area contributed by atoms with Crippen molar-refractivity contribution >= 4 is 37.9 Å². The fourth-order valence-corrected chi connectivity index (χ4v) is 6.87. The Labute approximate surface area is 189 Å². The van der Waals surface area contributed by atoms with Crippen LogP contribution in [0.1, 0.15) is 29.7 Å². The first kappa shape index (κ1) is 22.2. The van der Waals surface area contributed by atoms with Gasteiger partial charge in [0.1, 0.15) is 11.6 Å². The van der Waals surface area contributed by atoms with Crippen molar-refractivity contribution in [2.45, 2.75) is 36.3 Å². The summed E-state index contributed by atoms with van der Waals surface area (Å²) in [5, 5.41) is 2.33. The van der Waals surface area contributed by atoms with Crippen molar-refractivity contribution < 1.29 is 17.2 Å². The minimum absolute atomic E-state index is 0.0837. The number of aryl methyl sites for hydroxylation is 1. The second-order valence-corrected chi connectivity index (χ2v) is 11.1. The van der Waals surface area contributed by atoms with E-state index in [9.17, 15) is 17.2 Å². The number of piperidine rings is 1. The van der Waals surface area contributed by atoms with Crippen molar-refractivity contribution in [3.05, 3.63) is 75.3 Å². The molecule has 1 saturated heterocycles. The average Bonchev–Trinajstić information content (AvgIpc) is 3.21. The van der Waals surface area contributed by atoms with Crippen LogP contribution < -0.4 is 4.90 Å². The molecule has 0 amide bonds. The molecular formula is C22H21ClF2N2O2S2. The topological polar surface area (TPSA) is 50.3 Å². The molecule has 0 radical (unpaired) electrons. The largest absolute Gasteiger partial charge is 0.348 e. The summed E-state index contributed by atoms with van der Waals surface area (Å²) in [6.07, 6.45) is 1.46. The lowest BCUT2D eigenvalue weighted by atomic mass is 10.1. The number of aromatic nitrogens is 1. The molecule has 0 saturated carbocycles. The Kier molecular flexibility index (Phi) is 6.32. The molecule has 0 unspecified atom stereocenters. The summed E-state index contributed by atoms with van der Waals surface area (Å²) >= 11 is 7.35. The van der Waals surface area contributed by atoms with Gasteiger partial charge >= 0.3 is 0 Å². The van der Waals surface area contributed by atoms with Crippen LogP contribution in [0.15, 0.2) is 46.7 Å². The van der Waals surface area contributed by atoms with Gasteiger partial charge in [-0.25, -0.2) is 22.2 Å². The molecule has 0 atom stereocenters. The maximum Gasteiger partial charge on any atom is 0.185 e. The Morgan fingerprint density at radius 2 is 1.90 bits per heavy atom. The first-order valence-corrected chi connectivity index (χ1v) is 12.7. The maximum atomic E-state index is 13.6. The van der Waals surface area contributed by atoms with Gasteiger partial charge in [-0.2, -0.15) is 0 Å². The van der Waals surface area contributed by atoms with Gasteiger partial charge in [0.15, 0.2) is 15.0 Å². The zero-order valence-electron chi connectivity index (χ0n) is 16.8. The molecule has 1 fully saturated rings. The molecule has 0 aliphatic carbocycles. The lowest BCUT2D eigenvalue weighted by Gasteiger charge is -2.31. The van der Waals surface area contributed by atoms with E-state index < -0.39 is 26.7 Å². The van der Waals surface area contributed by atoms with Gasteiger partial charge in [-0.05, 0) is 55.2 Å². The van der Waals surface area contributed by atoms with Gasteiger partial charge < -0.3 is 4.90 Å². The molecule has 2 heterocycles. The van der Waals surface area contributed by atoms with E-state index in [-0.39, 0.29) is 9.92 Å². The van der Waals surface area contributed by atoms with Gasteiger partial charge in [-0.15, -0.1) is 11.3 Å². The fraction of sp³-hybridized carbons (Fsp3) is 0.318. The summed E-state index contributed by atoms with van der Waals surface area (Å²) in [7, 11) is -3.59. The second kappa shape index (κ2) is 8.84. The number of rotatable bonds is 5. The Morgan fingerprint density at radius 1 is 1.16 bits per heavy atom. The number of nitrogens with zero attached hydrogens (tertiary/aromatic N) is 2. The smallest absolute Gasteiger partial charge is 0.185 e. The van der Waals surface area contributed by atoms with Crippen LogP contribution in [0.25, 0.3) is 0 Å². The van der Waals surface area contributed by atoms with Gasteiger partial charge in [0.05, 0.1) is 20.9 Å². The molecule has 3 aromatic rings. The highest BCUT2D eigenvalue weighted by Gasteiger charge is 2.33. The van der Waals surface area contributed by atoms with E-state index in [1.54, 1.807) is 19.1 Å². The number of hydrogen-bond donors (Lipinski definition) is 0. The summed E-state index contributed by atoms with van der Waals surface area (Å²) in [6.45, 7) is 2.81. The third-order valence-corrected chi connectivity index (χ3v) is 9.16. The van der Waals surface area contributed by atoms with E-state index >= 15 is 0 Å². The lowest BCUT2D eigenvalue weighted by molar-refractivity contribution is 0.527. The Bertz CT molecular complexity index is 1210. The minimum Gasteiger partial charge on any atom is -0.348 e. The Morgan fingerprint density at radius 3 is 2.61 bits per heavy atom. The Balaban J connectivity index is 1.42. The van der Waals surface area contributed by atoms with Crippen LogP contribution in [0, 0.1) is 18.6 Å². The van der Waals surface area contributed by atoms with Gasteiger partial charge in [0, 0.05) is 24.9 Å². The van der Waals surface area contributed by atoms with E-state index in [1.165, 1.54) is 29.5 Å². The molecular weight excluding hydrogens is 462 g/mol. The van der Waals surface area contributed by atoms with Crippen LogP contribution in [-0.2, 0) is 16.3 Å². The van der Waals surface area contributed by atoms with Gasteiger partial charge in [-0.1, -0.05) is 23.7 Å². The van der Waals surface area contributed by atoms with E-state index in [0.29, 0.717) is 37.9 Å². The Hall–Kier alpha value is -2.03. The van der Waals surface area contributed by atoms with Crippen molar-refractivity contribution in [3.63, 3.8) is 0 Å². The number of sulfone groups is 1. The quantitative estimate of drug-likeness (QED) is 0.487. The van der Waals surface area contributed by atoms with Gasteiger partial charge in [0.25, 0.3) is 0 Å². The highest BCUT2D eigenvalue weighted by Crippen LogP contribution is 2.31. The number of benzene rings is 2. The molecule has 0 N–H and O–H groups in total. The lowest BCUT2D eigenvalue weighted by Crippen LogP contribution is -2.39. The zero-order chi connectivity index (χ0) is 22.2. The minimum atomic E-state index is -3.59. The zero-order valence-corrected chi connectivity index (χ0v) is 19.2. The summed E-state index contributed by atoms with van der Waals surface area (Å²) in [4.78, 5) is 6.82. The summed E-state index contributed by atoms with van der Waals surface area (Å²) in [6, 6.07) is 8.52. The molecule has 4 rings (SSSR count). The first-order chi connectivity index (χ1) is 14.7. The van der Waals surface area contributed by atoms with Crippen molar-refractivity contribution in [2.24, 2.45) is 0 Å². The predicted octanol–water partition coefficient (Wildman–Crippen LogP) is 5.42. The van der Waals surface area contributed by atoms with Crippen molar-refractivity contribution in [1.29, 1.82) is 0 Å². The van der Waals surface area contributed by atoms with Crippen LogP contribution in [0.2, 0.25) is 5.02 Å². The number of halogens is 3. The molecule has 1 aliphatic heterocycles. The van der Waals surface area contributed by atoms with E-state index in [2.05, 4.69) is 9.88 Å². The molecule has 0 bridgehead atoms. The van der Waals surface area contributed by atoms with Gasteiger partial charge in [-0.3, -0.25) is 0 Å². The average molecular weight is 483 g/mol. The predicted molar refractivity (Wildman–Crippen MR) is 120 cm³/mol. The maximum absolute atomic E-state index is 13.6. The normalized spacial score (nSPS) is 15.4. The van der Waals surface area contributed by atoms with Crippen LogP contribution in [0.4, 0.5) is 13.9 Å². The molecule has 31 heavy (non-hydrogen) atoms. The first-order valence-electron chi connectivity index (χ1n) is 9.87. The molecule has 4 nitrogen and oxygen atoms in total. The molecule has 1 aromatic heterocycles. The number of anilines is 1. The van der Waals surface area contributed by atoms with E-state index in [1.807, 2.05) is 5.38 Å². The third-order valence-electron chi connectivity index (χ3n) is 5.52. The highest BCUT2D eigenvalue weighted by atomic mass is 35.5. The molecule has 1 aliphatic rings. The summed E-state index contributed by atoms with van der Waals surface area (Å²) in [5.74, 6) is -0.991. The standard InChI is InChI=1S/C22H21ClF2N2O2S2/c1-14-2-4-16(24)12-21(14)31(28,29)18-6-8-27(9-7-18)22-26-17(13-30-22)10-15-3-5-20(25)19(23)11-15/h2-5,11-13,18H,6-10H2,1H3. The molecule has 0 spiro atoms. The molecule has 164 valence electrons. The second-order valence-electron chi connectivity index (χ2n) is 7.69. The third kappa shape index (κ3) is 4.76. The van der Waals surface area contributed by atoms with Crippen LogP contribution in [0.3, 0.4) is 0 Å². The highest BCUT2D eigenvalue weighted by molar-refractivity contribution is 7.92. The monoisotopic (exact) mass is 482 g/mol. The van der Waals surface area contributed by atoms with Crippen molar-refractivity contribution in [2.75, 3.05) is 18.0 Å². The van der Waals surface area contributed by atoms with Crippen molar-refractivity contribution in [1.82, 2.24) is 4.98 Å². The summed E-state index contributed by atoms with van der Waals surface area (Å²) < 4.78 is 53.0. The van der Waals surface area contributed by atoms with Crippen LogP contribution >= 0.6 is 22.9 Å². The van der Waals surface area contributed by atoms with Crippen molar-refractivity contribution in [3.8, 4) is 0 Å². The number of thiazole rings is 1. The molecule has 9 heteroatoms. The summed E-state index contributed by atoms with van der Waals surface area (Å²) in [5.41, 5.74) is 2.29. The molecule has 2 aromatic carbocycles. The van der Waals surface area contributed by atoms with Crippen LogP contribution in [-0.4, -0.2) is 31.7 Å². The number of hydrogen-bond acceptors (Lipinski definition) is 5.